The maximum absolute atomic E-state index is 12.4. The molecule has 2 amide bonds. The zero-order chi connectivity index (χ0) is 19.4. The Bertz CT molecular complexity index is 888. The second-order valence-electron chi connectivity index (χ2n) is 6.14. The summed E-state index contributed by atoms with van der Waals surface area (Å²) < 4.78 is 0.646. The zero-order valence-electron chi connectivity index (χ0n) is 15.0. The SMILES string of the molecule is CCC(=O)N(c1nnc(S[C@@H](C)C(=O)Nc2cccc(C#N)c2)s1)C1CC1. The van der Waals surface area contributed by atoms with Crippen molar-refractivity contribution in [2.24, 2.45) is 0 Å². The molecule has 1 saturated carbocycles. The topological polar surface area (TPSA) is 99.0 Å². The van der Waals surface area contributed by atoms with E-state index in [-0.39, 0.29) is 17.9 Å². The number of anilines is 2. The van der Waals surface area contributed by atoms with Crippen LogP contribution in [0.3, 0.4) is 0 Å². The van der Waals surface area contributed by atoms with E-state index >= 15 is 0 Å². The molecular weight excluding hydrogens is 382 g/mol. The van der Waals surface area contributed by atoms with Gasteiger partial charge in [0.25, 0.3) is 0 Å². The third-order valence-corrected chi connectivity index (χ3v) is 6.10. The van der Waals surface area contributed by atoms with E-state index < -0.39 is 5.25 Å². The monoisotopic (exact) mass is 401 g/mol. The van der Waals surface area contributed by atoms with Crippen LogP contribution in [0, 0.1) is 11.3 Å². The van der Waals surface area contributed by atoms with E-state index in [4.69, 9.17) is 5.26 Å². The molecule has 9 heteroatoms. The molecule has 1 aliphatic rings. The van der Waals surface area contributed by atoms with Crippen LogP contribution in [-0.2, 0) is 9.59 Å². The van der Waals surface area contributed by atoms with Crippen molar-refractivity contribution in [3.8, 4) is 6.07 Å². The Morgan fingerprint density at radius 1 is 1.44 bits per heavy atom. The van der Waals surface area contributed by atoms with Gasteiger partial charge in [0.05, 0.1) is 16.9 Å². The van der Waals surface area contributed by atoms with E-state index in [0.717, 1.165) is 12.8 Å². The van der Waals surface area contributed by atoms with Crippen LogP contribution < -0.4 is 10.2 Å². The fourth-order valence-corrected chi connectivity index (χ4v) is 4.51. The summed E-state index contributed by atoms with van der Waals surface area (Å²) in [7, 11) is 0. The van der Waals surface area contributed by atoms with Crippen molar-refractivity contribution in [2.45, 2.75) is 48.7 Å². The molecule has 2 aromatic rings. The van der Waals surface area contributed by atoms with E-state index in [1.165, 1.54) is 23.1 Å². The minimum Gasteiger partial charge on any atom is -0.325 e. The Hall–Kier alpha value is -2.44. The minimum absolute atomic E-state index is 0.0494. The van der Waals surface area contributed by atoms with E-state index in [0.29, 0.717) is 27.1 Å². The smallest absolute Gasteiger partial charge is 0.237 e. The molecule has 1 N–H and O–H groups in total. The predicted molar refractivity (Wildman–Crippen MR) is 106 cm³/mol. The zero-order valence-corrected chi connectivity index (χ0v) is 16.6. The number of hydrogen-bond donors (Lipinski definition) is 1. The second-order valence-corrected chi connectivity index (χ2v) is 8.68. The molecule has 0 bridgehead atoms. The van der Waals surface area contributed by atoms with Crippen molar-refractivity contribution in [1.82, 2.24) is 10.2 Å². The molecule has 1 aromatic heterocycles. The summed E-state index contributed by atoms with van der Waals surface area (Å²) in [4.78, 5) is 26.3. The molecule has 1 atom stereocenters. The van der Waals surface area contributed by atoms with Gasteiger partial charge in [0.1, 0.15) is 0 Å². The van der Waals surface area contributed by atoms with E-state index in [1.807, 2.05) is 13.0 Å². The molecule has 0 aliphatic heterocycles. The largest absolute Gasteiger partial charge is 0.325 e. The van der Waals surface area contributed by atoms with E-state index in [1.54, 1.807) is 36.1 Å². The number of carbonyl (C=O) groups excluding carboxylic acids is 2. The van der Waals surface area contributed by atoms with Crippen LogP contribution in [0.15, 0.2) is 28.6 Å². The standard InChI is InChI=1S/C18H19N5O2S2/c1-3-15(24)23(14-7-8-14)17-21-22-18(27-17)26-11(2)16(25)20-13-6-4-5-12(9-13)10-19/h4-6,9,11,14H,3,7-8H2,1-2H3,(H,20,25)/t11-/m0/s1. The third kappa shape index (κ3) is 4.84. The lowest BCUT2D eigenvalue weighted by molar-refractivity contribution is -0.118. The number of aromatic nitrogens is 2. The van der Waals surface area contributed by atoms with Crippen LogP contribution >= 0.6 is 23.1 Å². The van der Waals surface area contributed by atoms with Gasteiger partial charge in [0.15, 0.2) is 4.34 Å². The number of carbonyl (C=O) groups is 2. The molecule has 7 nitrogen and oxygen atoms in total. The van der Waals surface area contributed by atoms with Gasteiger partial charge in [-0.15, -0.1) is 10.2 Å². The van der Waals surface area contributed by atoms with Gasteiger partial charge in [0, 0.05) is 18.2 Å². The van der Waals surface area contributed by atoms with Crippen molar-refractivity contribution < 1.29 is 9.59 Å². The molecule has 0 spiro atoms. The average molecular weight is 402 g/mol. The summed E-state index contributed by atoms with van der Waals surface area (Å²) in [6.07, 6.45) is 2.42. The van der Waals surface area contributed by atoms with Crippen LogP contribution in [0.2, 0.25) is 0 Å². The normalized spacial score (nSPS) is 14.3. The lowest BCUT2D eigenvalue weighted by atomic mass is 10.2. The highest BCUT2D eigenvalue weighted by Crippen LogP contribution is 2.37. The van der Waals surface area contributed by atoms with Crippen molar-refractivity contribution in [2.75, 3.05) is 10.2 Å². The maximum atomic E-state index is 12.4. The molecular formula is C18H19N5O2S2. The summed E-state index contributed by atoms with van der Waals surface area (Å²) in [5.74, 6) is -0.135. The molecule has 3 rings (SSSR count). The number of benzene rings is 1. The summed E-state index contributed by atoms with van der Waals surface area (Å²) in [6.45, 7) is 3.62. The molecule has 27 heavy (non-hydrogen) atoms. The summed E-state index contributed by atoms with van der Waals surface area (Å²) in [5, 5.41) is 20.2. The lowest BCUT2D eigenvalue weighted by Crippen LogP contribution is -2.32. The van der Waals surface area contributed by atoms with Crippen molar-refractivity contribution in [3.05, 3.63) is 29.8 Å². The number of hydrogen-bond acceptors (Lipinski definition) is 7. The Kier molecular flexibility index (Phi) is 6.08. The van der Waals surface area contributed by atoms with Crippen LogP contribution in [0.4, 0.5) is 10.8 Å². The molecule has 1 aliphatic carbocycles. The number of nitriles is 1. The number of amides is 2. The minimum atomic E-state index is -0.396. The second kappa shape index (κ2) is 8.50. The van der Waals surface area contributed by atoms with Gasteiger partial charge < -0.3 is 5.32 Å². The van der Waals surface area contributed by atoms with Crippen molar-refractivity contribution in [1.29, 1.82) is 5.26 Å². The average Bonchev–Trinajstić information content (AvgIpc) is 3.40. The van der Waals surface area contributed by atoms with Gasteiger partial charge in [-0.1, -0.05) is 36.1 Å². The first-order valence-corrected chi connectivity index (χ1v) is 10.3. The number of nitrogens with zero attached hydrogens (tertiary/aromatic N) is 4. The van der Waals surface area contributed by atoms with Gasteiger partial charge >= 0.3 is 0 Å². The van der Waals surface area contributed by atoms with E-state index in [2.05, 4.69) is 15.5 Å². The number of thioether (sulfide) groups is 1. The molecule has 0 saturated heterocycles. The highest BCUT2D eigenvalue weighted by atomic mass is 32.2. The maximum Gasteiger partial charge on any atom is 0.237 e. The fourth-order valence-electron chi connectivity index (χ4n) is 2.43. The van der Waals surface area contributed by atoms with Crippen molar-refractivity contribution in [3.63, 3.8) is 0 Å². The van der Waals surface area contributed by atoms with Crippen LogP contribution in [0.25, 0.3) is 0 Å². The first-order valence-electron chi connectivity index (χ1n) is 8.65. The van der Waals surface area contributed by atoms with Gasteiger partial charge in [0.2, 0.25) is 16.9 Å². The van der Waals surface area contributed by atoms with Crippen LogP contribution in [0.5, 0.6) is 0 Å². The highest BCUT2D eigenvalue weighted by molar-refractivity contribution is 8.02. The summed E-state index contributed by atoms with van der Waals surface area (Å²) in [5.41, 5.74) is 1.07. The van der Waals surface area contributed by atoms with Gasteiger partial charge in [-0.25, -0.2) is 0 Å². The fraction of sp³-hybridized carbons (Fsp3) is 0.389. The molecule has 140 valence electrons. The first-order chi connectivity index (χ1) is 13.0. The molecule has 1 heterocycles. The van der Waals surface area contributed by atoms with Crippen LogP contribution in [0.1, 0.15) is 38.7 Å². The third-order valence-electron chi connectivity index (χ3n) is 3.99. The highest BCUT2D eigenvalue weighted by Gasteiger charge is 2.35. The van der Waals surface area contributed by atoms with Crippen LogP contribution in [-0.4, -0.2) is 33.3 Å². The Labute approximate surface area is 165 Å². The quantitative estimate of drug-likeness (QED) is 0.564. The number of nitrogens with one attached hydrogen (secondary N) is 1. The Morgan fingerprint density at radius 3 is 2.89 bits per heavy atom. The predicted octanol–water partition coefficient (Wildman–Crippen LogP) is 3.43. The molecule has 0 unspecified atom stereocenters. The van der Waals surface area contributed by atoms with Gasteiger partial charge in [-0.3, -0.25) is 14.5 Å². The van der Waals surface area contributed by atoms with E-state index in [9.17, 15) is 9.59 Å². The molecule has 0 radical (unpaired) electrons. The Morgan fingerprint density at radius 2 is 2.22 bits per heavy atom. The summed E-state index contributed by atoms with van der Waals surface area (Å²) in [6, 6.07) is 9.05. The lowest BCUT2D eigenvalue weighted by Gasteiger charge is -2.17. The number of rotatable bonds is 7. The molecule has 1 fully saturated rings. The van der Waals surface area contributed by atoms with Gasteiger partial charge in [-0.05, 0) is 38.0 Å². The van der Waals surface area contributed by atoms with Gasteiger partial charge in [-0.2, -0.15) is 5.26 Å². The van der Waals surface area contributed by atoms with Crippen molar-refractivity contribution >= 4 is 45.7 Å². The first kappa shape index (κ1) is 19.3. The Balaban J connectivity index is 1.63. The molecule has 1 aromatic carbocycles. The summed E-state index contributed by atoms with van der Waals surface area (Å²) >= 11 is 2.63.